The Kier molecular flexibility index (Phi) is 4.69. The Hall–Kier alpha value is -1.80. The lowest BCUT2D eigenvalue weighted by Gasteiger charge is -2.21. The number of nitrogens with one attached hydrogen (secondary N) is 1. The molecule has 1 aromatic carbocycles. The second-order valence-corrected chi connectivity index (χ2v) is 6.60. The molecule has 116 valence electrons. The molecule has 0 aromatic heterocycles. The lowest BCUT2D eigenvalue weighted by molar-refractivity contribution is 0.0694. The first-order chi connectivity index (χ1) is 9.92. The Morgan fingerprint density at radius 1 is 1.14 bits per heavy atom. The summed E-state index contributed by atoms with van der Waals surface area (Å²) in [5, 5.41) is 18.8. The smallest absolute Gasteiger partial charge is 0.339 e. The zero-order chi connectivity index (χ0) is 15.5. The lowest BCUT2D eigenvalue weighted by Crippen LogP contribution is -2.36. The van der Waals surface area contributed by atoms with Gasteiger partial charge in [0.2, 0.25) is 0 Å². The van der Waals surface area contributed by atoms with E-state index in [9.17, 15) is 18.3 Å². The van der Waals surface area contributed by atoms with Crippen molar-refractivity contribution >= 4 is 21.9 Å². The molecule has 0 amide bonds. The lowest BCUT2D eigenvalue weighted by atomic mass is 10.2. The van der Waals surface area contributed by atoms with E-state index in [1.165, 1.54) is 22.5 Å². The Bertz CT molecular complexity index is 621. The molecule has 0 spiro atoms. The van der Waals surface area contributed by atoms with E-state index in [0.717, 1.165) is 25.7 Å². The highest BCUT2D eigenvalue weighted by Crippen LogP contribution is 2.29. The highest BCUT2D eigenvalue weighted by atomic mass is 32.2. The van der Waals surface area contributed by atoms with Crippen LogP contribution in [0.25, 0.3) is 0 Å². The maximum atomic E-state index is 12.3. The van der Waals surface area contributed by atoms with E-state index in [2.05, 4.69) is 4.72 Å². The summed E-state index contributed by atoms with van der Waals surface area (Å²) in [5.41, 5.74) is -0.467. The number of aromatic carboxylic acids is 1. The zero-order valence-electron chi connectivity index (χ0n) is 11.4. The Morgan fingerprint density at radius 3 is 2.33 bits per heavy atom. The Morgan fingerprint density at radius 2 is 1.76 bits per heavy atom. The molecule has 3 N–H and O–H groups in total. The molecule has 1 aliphatic rings. The molecule has 0 radical (unpaired) electrons. The van der Waals surface area contributed by atoms with Gasteiger partial charge in [-0.2, -0.15) is 12.7 Å². The molecule has 0 atom stereocenters. The summed E-state index contributed by atoms with van der Waals surface area (Å²) in [6.07, 6.45) is 3.57. The van der Waals surface area contributed by atoms with Crippen LogP contribution in [0.4, 0.5) is 5.69 Å². The fraction of sp³-hybridized carbons (Fsp3) is 0.462. The SMILES string of the molecule is O=C(O)c1cccc(NS(=O)(=O)N2CCCCCC2)c1O. The number of benzene rings is 1. The van der Waals surface area contributed by atoms with Crippen LogP contribution < -0.4 is 4.72 Å². The van der Waals surface area contributed by atoms with Crippen molar-refractivity contribution in [3.63, 3.8) is 0 Å². The fourth-order valence-corrected chi connectivity index (χ4v) is 3.59. The summed E-state index contributed by atoms with van der Waals surface area (Å²) >= 11 is 0. The standard InChI is InChI=1S/C13H18N2O5S/c16-12-10(13(17)18)6-5-7-11(12)14-21(19,20)15-8-3-1-2-4-9-15/h5-7,14,16H,1-4,8-9H2,(H,17,18). The second-order valence-electron chi connectivity index (χ2n) is 4.93. The minimum Gasteiger partial charge on any atom is -0.505 e. The van der Waals surface area contributed by atoms with E-state index in [0.29, 0.717) is 13.1 Å². The predicted octanol–water partition coefficient (Wildman–Crippen LogP) is 1.62. The third kappa shape index (κ3) is 3.64. The summed E-state index contributed by atoms with van der Waals surface area (Å²) in [5.74, 6) is -1.90. The van der Waals surface area contributed by atoms with Crippen LogP contribution in [-0.2, 0) is 10.2 Å². The van der Waals surface area contributed by atoms with Gasteiger partial charge in [-0.1, -0.05) is 18.9 Å². The summed E-state index contributed by atoms with van der Waals surface area (Å²) in [6, 6.07) is 3.92. The maximum absolute atomic E-state index is 12.3. The van der Waals surface area contributed by atoms with Gasteiger partial charge < -0.3 is 10.2 Å². The molecule has 7 nitrogen and oxygen atoms in total. The molecule has 1 heterocycles. The van der Waals surface area contributed by atoms with Crippen molar-refractivity contribution in [1.82, 2.24) is 4.31 Å². The summed E-state index contributed by atoms with van der Waals surface area (Å²) in [4.78, 5) is 10.9. The van der Waals surface area contributed by atoms with Crippen LogP contribution in [0.1, 0.15) is 36.0 Å². The highest BCUT2D eigenvalue weighted by Gasteiger charge is 2.24. The van der Waals surface area contributed by atoms with Gasteiger partial charge in [-0.25, -0.2) is 4.79 Å². The van der Waals surface area contributed by atoms with Gasteiger partial charge in [0.05, 0.1) is 5.69 Å². The van der Waals surface area contributed by atoms with E-state index in [4.69, 9.17) is 5.11 Å². The first kappa shape index (κ1) is 15.6. The summed E-state index contributed by atoms with van der Waals surface area (Å²) in [7, 11) is -3.79. The molecular weight excluding hydrogens is 296 g/mol. The van der Waals surface area contributed by atoms with Gasteiger partial charge >= 0.3 is 16.2 Å². The first-order valence-electron chi connectivity index (χ1n) is 6.75. The van der Waals surface area contributed by atoms with Crippen molar-refractivity contribution in [3.05, 3.63) is 23.8 Å². The normalized spacial score (nSPS) is 17.1. The maximum Gasteiger partial charge on any atom is 0.339 e. The number of rotatable bonds is 4. The van der Waals surface area contributed by atoms with E-state index < -0.39 is 21.9 Å². The topological polar surface area (TPSA) is 107 Å². The number of para-hydroxylation sites is 1. The van der Waals surface area contributed by atoms with Gasteiger partial charge in [0.15, 0.2) is 5.75 Å². The largest absolute Gasteiger partial charge is 0.505 e. The third-order valence-corrected chi connectivity index (χ3v) is 4.93. The molecule has 0 unspecified atom stereocenters. The van der Waals surface area contributed by atoms with Crippen molar-refractivity contribution in [3.8, 4) is 5.75 Å². The van der Waals surface area contributed by atoms with E-state index >= 15 is 0 Å². The number of carboxylic acid groups (broad SMARTS) is 1. The number of anilines is 1. The number of aromatic hydroxyl groups is 1. The molecule has 1 aliphatic heterocycles. The molecule has 1 saturated heterocycles. The van der Waals surface area contributed by atoms with Crippen molar-refractivity contribution in [1.29, 1.82) is 0 Å². The van der Waals surface area contributed by atoms with E-state index in [1.807, 2.05) is 0 Å². The van der Waals surface area contributed by atoms with E-state index in [-0.39, 0.29) is 11.3 Å². The number of hydrogen-bond acceptors (Lipinski definition) is 4. The molecule has 21 heavy (non-hydrogen) atoms. The van der Waals surface area contributed by atoms with Crippen LogP contribution in [0, 0.1) is 0 Å². The molecular formula is C13H18N2O5S. The van der Waals surface area contributed by atoms with Crippen LogP contribution in [0.5, 0.6) is 5.75 Å². The van der Waals surface area contributed by atoms with Crippen molar-refractivity contribution in [2.24, 2.45) is 0 Å². The molecule has 1 aromatic rings. The molecule has 2 rings (SSSR count). The number of carbonyl (C=O) groups is 1. The second kappa shape index (κ2) is 6.31. The Balaban J connectivity index is 2.24. The predicted molar refractivity (Wildman–Crippen MR) is 77.6 cm³/mol. The van der Waals surface area contributed by atoms with Crippen LogP contribution in [0.3, 0.4) is 0 Å². The molecule has 0 bridgehead atoms. The van der Waals surface area contributed by atoms with Gasteiger partial charge in [-0.3, -0.25) is 4.72 Å². The molecule has 0 saturated carbocycles. The fourth-order valence-electron chi connectivity index (χ4n) is 2.28. The van der Waals surface area contributed by atoms with Crippen molar-refractivity contribution < 1.29 is 23.4 Å². The van der Waals surface area contributed by atoms with Gasteiger partial charge in [0, 0.05) is 13.1 Å². The van der Waals surface area contributed by atoms with Gasteiger partial charge in [0.25, 0.3) is 0 Å². The van der Waals surface area contributed by atoms with Crippen LogP contribution in [0.2, 0.25) is 0 Å². The van der Waals surface area contributed by atoms with E-state index in [1.54, 1.807) is 0 Å². The number of phenols is 1. The van der Waals surface area contributed by atoms with Crippen molar-refractivity contribution in [2.45, 2.75) is 25.7 Å². The zero-order valence-corrected chi connectivity index (χ0v) is 12.3. The molecule has 1 fully saturated rings. The first-order valence-corrected chi connectivity index (χ1v) is 8.19. The van der Waals surface area contributed by atoms with Crippen molar-refractivity contribution in [2.75, 3.05) is 17.8 Å². The van der Waals surface area contributed by atoms with Crippen LogP contribution in [0.15, 0.2) is 18.2 Å². The summed E-state index contributed by atoms with van der Waals surface area (Å²) < 4.78 is 28.2. The number of nitrogens with zero attached hydrogens (tertiary/aromatic N) is 1. The molecule has 0 aliphatic carbocycles. The minimum atomic E-state index is -3.79. The average Bonchev–Trinajstić information content (AvgIpc) is 2.70. The number of hydrogen-bond donors (Lipinski definition) is 3. The highest BCUT2D eigenvalue weighted by molar-refractivity contribution is 7.90. The van der Waals surface area contributed by atoms with Gasteiger partial charge in [-0.05, 0) is 25.0 Å². The van der Waals surface area contributed by atoms with Crippen LogP contribution in [-0.4, -0.2) is 42.0 Å². The monoisotopic (exact) mass is 314 g/mol. The van der Waals surface area contributed by atoms with Crippen LogP contribution >= 0.6 is 0 Å². The third-order valence-electron chi connectivity index (χ3n) is 3.41. The number of carboxylic acids is 1. The minimum absolute atomic E-state index is 0.126. The Labute approximate surface area is 123 Å². The van der Waals surface area contributed by atoms with Gasteiger partial charge in [-0.15, -0.1) is 0 Å². The quantitative estimate of drug-likeness (QED) is 0.732. The van der Waals surface area contributed by atoms with Gasteiger partial charge in [0.1, 0.15) is 5.56 Å². The summed E-state index contributed by atoms with van der Waals surface area (Å²) in [6.45, 7) is 0.851. The molecule has 8 heteroatoms. The average molecular weight is 314 g/mol.